The molecule has 0 saturated carbocycles. The van der Waals surface area contributed by atoms with Gasteiger partial charge in [0.25, 0.3) is 0 Å². The molecular formula is C16H14NO+. The smallest absolute Gasteiger partial charge is 0.212 e. The van der Waals surface area contributed by atoms with Crippen LogP contribution in [0.25, 0.3) is 10.9 Å². The van der Waals surface area contributed by atoms with Crippen molar-refractivity contribution in [3.63, 3.8) is 0 Å². The van der Waals surface area contributed by atoms with Crippen LogP contribution in [0.2, 0.25) is 0 Å². The van der Waals surface area contributed by atoms with E-state index < -0.39 is 0 Å². The van der Waals surface area contributed by atoms with Crippen molar-refractivity contribution in [1.82, 2.24) is 0 Å². The average Bonchev–Trinajstić information content (AvgIpc) is 2.42. The summed E-state index contributed by atoms with van der Waals surface area (Å²) in [5, 5.41) is 10.5. The number of hydrogen-bond donors (Lipinski definition) is 1. The number of benzene rings is 2. The van der Waals surface area contributed by atoms with Gasteiger partial charge in [0, 0.05) is 23.1 Å². The van der Waals surface area contributed by atoms with Crippen molar-refractivity contribution in [2.24, 2.45) is 0 Å². The zero-order valence-electron chi connectivity index (χ0n) is 9.95. The molecule has 0 unspecified atom stereocenters. The van der Waals surface area contributed by atoms with Gasteiger partial charge in [-0.2, -0.15) is 4.57 Å². The summed E-state index contributed by atoms with van der Waals surface area (Å²) in [7, 11) is 0. The van der Waals surface area contributed by atoms with Crippen LogP contribution >= 0.6 is 0 Å². The number of pyridine rings is 1. The zero-order chi connectivity index (χ0) is 12.4. The molecule has 88 valence electrons. The predicted molar refractivity (Wildman–Crippen MR) is 71.4 cm³/mol. The monoisotopic (exact) mass is 236 g/mol. The molecule has 3 aromatic rings. The number of fused-ring (bicyclic) bond motifs is 1. The molecule has 0 aliphatic heterocycles. The second kappa shape index (κ2) is 4.49. The molecule has 1 aromatic heterocycles. The summed E-state index contributed by atoms with van der Waals surface area (Å²) in [6.45, 7) is 0.807. The third kappa shape index (κ3) is 2.05. The summed E-state index contributed by atoms with van der Waals surface area (Å²) in [5.74, 6) is 0.307. The van der Waals surface area contributed by atoms with Crippen LogP contribution in [0.4, 0.5) is 0 Å². The minimum Gasteiger partial charge on any atom is -0.508 e. The van der Waals surface area contributed by atoms with E-state index in [0.717, 1.165) is 6.54 Å². The molecule has 3 rings (SSSR count). The topological polar surface area (TPSA) is 24.1 Å². The third-order valence-electron chi connectivity index (χ3n) is 3.08. The van der Waals surface area contributed by atoms with E-state index in [0.29, 0.717) is 5.75 Å². The number of aromatic hydroxyl groups is 1. The summed E-state index contributed by atoms with van der Waals surface area (Å²) >= 11 is 0. The first-order chi connectivity index (χ1) is 8.83. The van der Waals surface area contributed by atoms with Crippen molar-refractivity contribution in [2.45, 2.75) is 6.54 Å². The van der Waals surface area contributed by atoms with E-state index in [1.165, 1.54) is 16.5 Å². The summed E-state index contributed by atoms with van der Waals surface area (Å²) in [6.07, 6.45) is 2.08. The Hall–Kier alpha value is -2.35. The molecule has 0 saturated heterocycles. The van der Waals surface area contributed by atoms with Crippen molar-refractivity contribution in [3.05, 3.63) is 72.4 Å². The molecule has 0 radical (unpaired) electrons. The lowest BCUT2D eigenvalue weighted by atomic mass is 10.2. The van der Waals surface area contributed by atoms with Crippen LogP contribution in [0.1, 0.15) is 5.56 Å². The highest BCUT2D eigenvalue weighted by Gasteiger charge is 2.08. The highest BCUT2D eigenvalue weighted by Crippen LogP contribution is 2.11. The van der Waals surface area contributed by atoms with E-state index in [-0.39, 0.29) is 0 Å². The summed E-state index contributed by atoms with van der Waals surface area (Å²) < 4.78 is 2.21. The first-order valence-electron chi connectivity index (χ1n) is 5.98. The van der Waals surface area contributed by atoms with Crippen LogP contribution in [0.3, 0.4) is 0 Å². The molecule has 0 fully saturated rings. The van der Waals surface area contributed by atoms with Crippen LogP contribution in [-0.2, 0) is 6.54 Å². The average molecular weight is 236 g/mol. The first-order valence-corrected chi connectivity index (χ1v) is 5.98. The second-order valence-electron chi connectivity index (χ2n) is 4.36. The zero-order valence-corrected chi connectivity index (χ0v) is 9.95. The van der Waals surface area contributed by atoms with Gasteiger partial charge in [0.2, 0.25) is 5.52 Å². The Morgan fingerprint density at radius 1 is 0.833 bits per heavy atom. The maximum absolute atomic E-state index is 9.29. The molecular weight excluding hydrogens is 222 g/mol. The summed E-state index contributed by atoms with van der Waals surface area (Å²) in [6, 6.07) is 19.9. The number of hydrogen-bond acceptors (Lipinski definition) is 1. The predicted octanol–water partition coefficient (Wildman–Crippen LogP) is 2.88. The summed E-state index contributed by atoms with van der Waals surface area (Å²) in [4.78, 5) is 0. The Kier molecular flexibility index (Phi) is 2.69. The van der Waals surface area contributed by atoms with Gasteiger partial charge >= 0.3 is 0 Å². The fourth-order valence-corrected chi connectivity index (χ4v) is 2.16. The van der Waals surface area contributed by atoms with E-state index in [4.69, 9.17) is 0 Å². The second-order valence-corrected chi connectivity index (χ2v) is 4.36. The number of nitrogens with zero attached hydrogens (tertiary/aromatic N) is 1. The van der Waals surface area contributed by atoms with Crippen LogP contribution in [0, 0.1) is 0 Å². The molecule has 2 aromatic carbocycles. The maximum Gasteiger partial charge on any atom is 0.212 e. The number of phenolic OH excluding ortho intramolecular Hbond substituents is 1. The SMILES string of the molecule is Oc1ccc(C[n+]2cccc3ccccc32)cc1. The molecule has 0 aliphatic carbocycles. The minimum atomic E-state index is 0.307. The van der Waals surface area contributed by atoms with Gasteiger partial charge in [0.15, 0.2) is 12.7 Å². The van der Waals surface area contributed by atoms with Gasteiger partial charge < -0.3 is 5.11 Å². The van der Waals surface area contributed by atoms with Gasteiger partial charge in [-0.15, -0.1) is 0 Å². The Morgan fingerprint density at radius 3 is 2.39 bits per heavy atom. The van der Waals surface area contributed by atoms with E-state index in [2.05, 4.69) is 41.1 Å². The molecule has 2 heteroatoms. The van der Waals surface area contributed by atoms with Crippen molar-refractivity contribution >= 4 is 10.9 Å². The third-order valence-corrected chi connectivity index (χ3v) is 3.08. The Morgan fingerprint density at radius 2 is 1.56 bits per heavy atom. The van der Waals surface area contributed by atoms with Crippen LogP contribution in [0.15, 0.2) is 66.9 Å². The Bertz CT molecular complexity index is 669. The van der Waals surface area contributed by atoms with Crippen molar-refractivity contribution in [3.8, 4) is 5.75 Å². The molecule has 1 N–H and O–H groups in total. The van der Waals surface area contributed by atoms with E-state index >= 15 is 0 Å². The molecule has 0 amide bonds. The van der Waals surface area contributed by atoms with Crippen LogP contribution < -0.4 is 4.57 Å². The fourth-order valence-electron chi connectivity index (χ4n) is 2.16. The van der Waals surface area contributed by atoms with E-state index in [9.17, 15) is 5.11 Å². The number of para-hydroxylation sites is 1. The number of aromatic nitrogens is 1. The number of phenols is 1. The lowest BCUT2D eigenvalue weighted by molar-refractivity contribution is -0.662. The molecule has 0 atom stereocenters. The van der Waals surface area contributed by atoms with Crippen LogP contribution in [0.5, 0.6) is 5.75 Å². The largest absolute Gasteiger partial charge is 0.508 e. The molecule has 0 bridgehead atoms. The highest BCUT2D eigenvalue weighted by atomic mass is 16.3. The summed E-state index contributed by atoms with van der Waals surface area (Å²) in [5.41, 5.74) is 2.39. The van der Waals surface area contributed by atoms with E-state index in [1.54, 1.807) is 12.1 Å². The van der Waals surface area contributed by atoms with E-state index in [1.807, 2.05) is 18.2 Å². The van der Waals surface area contributed by atoms with Crippen molar-refractivity contribution < 1.29 is 9.67 Å². The molecule has 0 spiro atoms. The fraction of sp³-hybridized carbons (Fsp3) is 0.0625. The quantitative estimate of drug-likeness (QED) is 0.680. The molecule has 0 aliphatic rings. The molecule has 18 heavy (non-hydrogen) atoms. The Labute approximate surface area is 106 Å². The lowest BCUT2D eigenvalue weighted by Gasteiger charge is -2.01. The normalized spacial score (nSPS) is 10.7. The highest BCUT2D eigenvalue weighted by molar-refractivity contribution is 5.74. The van der Waals surface area contributed by atoms with Crippen molar-refractivity contribution in [2.75, 3.05) is 0 Å². The standard InChI is InChI=1S/C16H13NO/c18-15-9-7-13(8-10-15)12-17-11-3-5-14-4-1-2-6-16(14)17/h1-11H,12H2/p+1. The van der Waals surface area contributed by atoms with Gasteiger partial charge in [-0.1, -0.05) is 12.1 Å². The molecule has 2 nitrogen and oxygen atoms in total. The first kappa shape index (κ1) is 10.8. The van der Waals surface area contributed by atoms with Gasteiger partial charge in [0.05, 0.1) is 0 Å². The maximum atomic E-state index is 9.29. The Balaban J connectivity index is 2.02. The van der Waals surface area contributed by atoms with Gasteiger partial charge in [-0.25, -0.2) is 0 Å². The van der Waals surface area contributed by atoms with Gasteiger partial charge in [-0.3, -0.25) is 0 Å². The minimum absolute atomic E-state index is 0.307. The number of rotatable bonds is 2. The lowest BCUT2D eigenvalue weighted by Crippen LogP contribution is -2.34. The van der Waals surface area contributed by atoms with Crippen molar-refractivity contribution in [1.29, 1.82) is 0 Å². The van der Waals surface area contributed by atoms with Gasteiger partial charge in [-0.05, 0) is 36.4 Å². The van der Waals surface area contributed by atoms with Crippen LogP contribution in [-0.4, -0.2) is 5.11 Å². The molecule has 1 heterocycles. The van der Waals surface area contributed by atoms with Gasteiger partial charge in [0.1, 0.15) is 5.75 Å².